The first-order valence-electron chi connectivity index (χ1n) is 6.42. The van der Waals surface area contributed by atoms with E-state index in [0.717, 1.165) is 24.9 Å². The van der Waals surface area contributed by atoms with E-state index >= 15 is 0 Å². The minimum atomic E-state index is 0.231. The number of aromatic nitrogens is 1. The number of rotatable bonds is 5. The van der Waals surface area contributed by atoms with Gasteiger partial charge in [0.1, 0.15) is 0 Å². The van der Waals surface area contributed by atoms with Gasteiger partial charge in [-0.3, -0.25) is 0 Å². The lowest BCUT2D eigenvalue weighted by atomic mass is 10.1. The minimum Gasteiger partial charge on any atom is -0.350 e. The van der Waals surface area contributed by atoms with Gasteiger partial charge in [0.25, 0.3) is 0 Å². The van der Waals surface area contributed by atoms with Crippen molar-refractivity contribution < 1.29 is 0 Å². The van der Waals surface area contributed by atoms with E-state index in [0.29, 0.717) is 10.0 Å². The molecule has 4 heteroatoms. The zero-order chi connectivity index (χ0) is 13.8. The van der Waals surface area contributed by atoms with Gasteiger partial charge < -0.3 is 10.3 Å². The number of halogens is 2. The molecule has 0 fully saturated rings. The van der Waals surface area contributed by atoms with Gasteiger partial charge in [-0.2, -0.15) is 0 Å². The largest absolute Gasteiger partial charge is 0.350 e. The van der Waals surface area contributed by atoms with E-state index in [1.54, 1.807) is 6.07 Å². The molecule has 0 radical (unpaired) electrons. The third-order valence-corrected chi connectivity index (χ3v) is 3.79. The summed E-state index contributed by atoms with van der Waals surface area (Å²) in [5.41, 5.74) is 8.29. The molecule has 1 aromatic heterocycles. The fraction of sp³-hybridized carbons (Fsp3) is 0.333. The summed E-state index contributed by atoms with van der Waals surface area (Å²) in [5.74, 6) is 0. The Bertz CT molecular complexity index is 549. The molecule has 2 nitrogen and oxygen atoms in total. The minimum absolute atomic E-state index is 0.231. The van der Waals surface area contributed by atoms with Crippen LogP contribution >= 0.6 is 23.2 Å². The highest BCUT2D eigenvalue weighted by molar-refractivity contribution is 6.35. The quantitative estimate of drug-likeness (QED) is 0.884. The van der Waals surface area contributed by atoms with Crippen LogP contribution in [0.4, 0.5) is 0 Å². The second-order valence-corrected chi connectivity index (χ2v) is 5.64. The molecule has 2 N–H and O–H groups in total. The molecule has 1 aromatic carbocycles. The molecule has 1 heterocycles. The SMILES string of the molecule is CCC(N)Cc1ccn(Cc2ccc(Cl)cc2Cl)c1. The Morgan fingerprint density at radius 3 is 2.74 bits per heavy atom. The van der Waals surface area contributed by atoms with Crippen LogP contribution < -0.4 is 5.73 Å². The van der Waals surface area contributed by atoms with Crippen molar-refractivity contribution in [1.82, 2.24) is 4.57 Å². The van der Waals surface area contributed by atoms with Crippen molar-refractivity contribution in [3.63, 3.8) is 0 Å². The lowest BCUT2D eigenvalue weighted by molar-refractivity contribution is 0.645. The van der Waals surface area contributed by atoms with Gasteiger partial charge in [0.15, 0.2) is 0 Å². The van der Waals surface area contributed by atoms with Crippen molar-refractivity contribution in [3.05, 3.63) is 57.8 Å². The highest BCUT2D eigenvalue weighted by Gasteiger charge is 2.05. The van der Waals surface area contributed by atoms with Crippen LogP contribution in [-0.2, 0) is 13.0 Å². The van der Waals surface area contributed by atoms with Crippen molar-refractivity contribution in [2.75, 3.05) is 0 Å². The van der Waals surface area contributed by atoms with Crippen LogP contribution in [0.15, 0.2) is 36.7 Å². The molecule has 102 valence electrons. The monoisotopic (exact) mass is 296 g/mol. The molecule has 0 bridgehead atoms. The third-order valence-electron chi connectivity index (χ3n) is 3.20. The summed E-state index contributed by atoms with van der Waals surface area (Å²) in [4.78, 5) is 0. The van der Waals surface area contributed by atoms with Crippen molar-refractivity contribution in [1.29, 1.82) is 0 Å². The Balaban J connectivity index is 2.07. The summed E-state index contributed by atoms with van der Waals surface area (Å²) in [6.45, 7) is 2.85. The zero-order valence-electron chi connectivity index (χ0n) is 10.9. The Kier molecular flexibility index (Phi) is 4.92. The maximum Gasteiger partial charge on any atom is 0.0485 e. The molecular weight excluding hydrogens is 279 g/mol. The van der Waals surface area contributed by atoms with Crippen molar-refractivity contribution in [3.8, 4) is 0 Å². The average molecular weight is 297 g/mol. The number of hydrogen-bond acceptors (Lipinski definition) is 1. The summed E-state index contributed by atoms with van der Waals surface area (Å²) in [6, 6.07) is 7.94. The number of nitrogens with zero attached hydrogens (tertiary/aromatic N) is 1. The summed E-state index contributed by atoms with van der Waals surface area (Å²) in [6.07, 6.45) is 6.09. The molecule has 0 saturated carbocycles. The molecule has 0 aliphatic heterocycles. The first-order chi connectivity index (χ1) is 9.08. The van der Waals surface area contributed by atoms with Crippen LogP contribution in [0.1, 0.15) is 24.5 Å². The Morgan fingerprint density at radius 1 is 1.26 bits per heavy atom. The van der Waals surface area contributed by atoms with Crippen LogP contribution in [-0.4, -0.2) is 10.6 Å². The predicted octanol–water partition coefficient (Wildman–Crippen LogP) is 4.12. The fourth-order valence-electron chi connectivity index (χ4n) is 2.00. The number of benzene rings is 1. The van der Waals surface area contributed by atoms with Gasteiger partial charge in [-0.05, 0) is 42.2 Å². The van der Waals surface area contributed by atoms with Gasteiger partial charge in [0.2, 0.25) is 0 Å². The molecule has 0 spiro atoms. The van der Waals surface area contributed by atoms with Gasteiger partial charge in [-0.1, -0.05) is 36.2 Å². The Morgan fingerprint density at radius 2 is 2.05 bits per heavy atom. The number of hydrogen-bond donors (Lipinski definition) is 1. The summed E-state index contributed by atoms with van der Waals surface area (Å²) in [7, 11) is 0. The van der Waals surface area contributed by atoms with Crippen LogP contribution in [0.25, 0.3) is 0 Å². The smallest absolute Gasteiger partial charge is 0.0485 e. The Hall–Kier alpha value is -0.960. The molecule has 2 rings (SSSR count). The second-order valence-electron chi connectivity index (χ2n) is 4.80. The third kappa shape index (κ3) is 4.00. The van der Waals surface area contributed by atoms with Crippen LogP contribution in [0.3, 0.4) is 0 Å². The van der Waals surface area contributed by atoms with Gasteiger partial charge in [-0.25, -0.2) is 0 Å². The van der Waals surface area contributed by atoms with Crippen molar-refractivity contribution >= 4 is 23.2 Å². The van der Waals surface area contributed by atoms with E-state index in [-0.39, 0.29) is 6.04 Å². The fourth-order valence-corrected chi connectivity index (χ4v) is 2.47. The molecule has 2 aromatic rings. The molecule has 0 aliphatic carbocycles. The first-order valence-corrected chi connectivity index (χ1v) is 7.18. The van der Waals surface area contributed by atoms with E-state index < -0.39 is 0 Å². The summed E-state index contributed by atoms with van der Waals surface area (Å²) in [5, 5.41) is 1.36. The normalized spacial score (nSPS) is 12.6. The van der Waals surface area contributed by atoms with Gasteiger partial charge >= 0.3 is 0 Å². The molecule has 0 aliphatic rings. The zero-order valence-corrected chi connectivity index (χ0v) is 12.5. The highest BCUT2D eigenvalue weighted by atomic mass is 35.5. The molecule has 0 amide bonds. The van der Waals surface area contributed by atoms with Crippen LogP contribution in [0.2, 0.25) is 10.0 Å². The predicted molar refractivity (Wildman–Crippen MR) is 82.0 cm³/mol. The molecular formula is C15H18Cl2N2. The van der Waals surface area contributed by atoms with Crippen molar-refractivity contribution in [2.45, 2.75) is 32.4 Å². The number of nitrogens with two attached hydrogens (primary N) is 1. The molecule has 0 saturated heterocycles. The van der Waals surface area contributed by atoms with E-state index in [1.807, 2.05) is 12.1 Å². The molecule has 1 atom stereocenters. The van der Waals surface area contributed by atoms with E-state index in [1.165, 1.54) is 5.56 Å². The van der Waals surface area contributed by atoms with Crippen molar-refractivity contribution in [2.24, 2.45) is 5.73 Å². The summed E-state index contributed by atoms with van der Waals surface area (Å²) >= 11 is 12.1. The van der Waals surface area contributed by atoms with Crippen LogP contribution in [0.5, 0.6) is 0 Å². The lowest BCUT2D eigenvalue weighted by Crippen LogP contribution is -2.21. The highest BCUT2D eigenvalue weighted by Crippen LogP contribution is 2.22. The molecule has 1 unspecified atom stereocenters. The van der Waals surface area contributed by atoms with Gasteiger partial charge in [0, 0.05) is 35.0 Å². The standard InChI is InChI=1S/C15H18Cl2N2/c1-2-14(18)7-11-5-6-19(9-11)10-12-3-4-13(16)8-15(12)17/h3-6,8-9,14H,2,7,10,18H2,1H3. The van der Waals surface area contributed by atoms with Crippen LogP contribution in [0, 0.1) is 0 Å². The average Bonchev–Trinajstić information content (AvgIpc) is 2.80. The van der Waals surface area contributed by atoms with Gasteiger partial charge in [-0.15, -0.1) is 0 Å². The maximum absolute atomic E-state index is 6.18. The topological polar surface area (TPSA) is 30.9 Å². The molecule has 19 heavy (non-hydrogen) atoms. The lowest BCUT2D eigenvalue weighted by Gasteiger charge is -2.07. The second kappa shape index (κ2) is 6.47. The summed E-state index contributed by atoms with van der Waals surface area (Å²) < 4.78 is 2.12. The maximum atomic E-state index is 6.18. The van der Waals surface area contributed by atoms with E-state index in [4.69, 9.17) is 28.9 Å². The Labute approximate surface area is 124 Å². The van der Waals surface area contributed by atoms with E-state index in [2.05, 4.69) is 30.0 Å². The first kappa shape index (κ1) is 14.4. The van der Waals surface area contributed by atoms with Gasteiger partial charge in [0.05, 0.1) is 0 Å². The van der Waals surface area contributed by atoms with E-state index in [9.17, 15) is 0 Å².